The van der Waals surface area contributed by atoms with Crippen LogP contribution >= 0.6 is 0 Å². The normalized spacial score (nSPS) is 30.4. The number of nitrogens with one attached hydrogen (secondary N) is 1. The lowest BCUT2D eigenvalue weighted by atomic mass is 9.90. The van der Waals surface area contributed by atoms with E-state index in [1.54, 1.807) is 0 Å². The molecule has 1 spiro atoms. The highest BCUT2D eigenvalue weighted by Crippen LogP contribution is 2.33. The SMILES string of the molecule is C[C@@H]1CCC[C@@H](C)N1C(=O)CN1C(=O)NC2(CCCCCC2)C1=O. The van der Waals surface area contributed by atoms with Crippen molar-refractivity contribution in [2.75, 3.05) is 6.54 Å². The van der Waals surface area contributed by atoms with Gasteiger partial charge >= 0.3 is 6.03 Å². The van der Waals surface area contributed by atoms with Gasteiger partial charge in [-0.1, -0.05) is 25.7 Å². The Balaban J connectivity index is 1.71. The summed E-state index contributed by atoms with van der Waals surface area (Å²) in [7, 11) is 0. The number of urea groups is 1. The van der Waals surface area contributed by atoms with Gasteiger partial charge in [-0.05, 0) is 46.0 Å². The van der Waals surface area contributed by atoms with Gasteiger partial charge < -0.3 is 10.2 Å². The van der Waals surface area contributed by atoms with Crippen LogP contribution in [0.15, 0.2) is 0 Å². The summed E-state index contributed by atoms with van der Waals surface area (Å²) >= 11 is 0. The van der Waals surface area contributed by atoms with Gasteiger partial charge in [-0.2, -0.15) is 0 Å². The van der Waals surface area contributed by atoms with Crippen LogP contribution in [0.1, 0.15) is 71.6 Å². The molecule has 3 aliphatic rings. The van der Waals surface area contributed by atoms with Gasteiger partial charge in [0.05, 0.1) is 0 Å². The molecule has 4 amide bonds. The van der Waals surface area contributed by atoms with Gasteiger partial charge in [0.1, 0.15) is 12.1 Å². The number of carbonyl (C=O) groups is 3. The number of amides is 4. The Kier molecular flexibility index (Phi) is 4.83. The van der Waals surface area contributed by atoms with E-state index in [0.29, 0.717) is 12.8 Å². The molecule has 6 nitrogen and oxygen atoms in total. The monoisotopic (exact) mass is 335 g/mol. The molecule has 0 bridgehead atoms. The Morgan fingerprint density at radius 2 is 1.62 bits per heavy atom. The summed E-state index contributed by atoms with van der Waals surface area (Å²) in [6.07, 6.45) is 8.59. The largest absolute Gasteiger partial charge is 0.336 e. The standard InChI is InChI=1S/C18H29N3O3/c1-13-8-7-9-14(2)21(13)15(22)12-20-16(23)18(19-17(20)24)10-5-3-4-6-11-18/h13-14H,3-12H2,1-2H3,(H,19,24)/t13-,14-/m1/s1. The highest BCUT2D eigenvalue weighted by molar-refractivity contribution is 6.09. The Hall–Kier alpha value is -1.59. The smallest absolute Gasteiger partial charge is 0.325 e. The average molecular weight is 335 g/mol. The van der Waals surface area contributed by atoms with Gasteiger partial charge in [0.2, 0.25) is 5.91 Å². The van der Waals surface area contributed by atoms with E-state index in [0.717, 1.165) is 49.8 Å². The first kappa shape index (κ1) is 17.2. The lowest BCUT2D eigenvalue weighted by Crippen LogP contribution is -2.52. The number of likely N-dealkylation sites (tertiary alicyclic amines) is 1. The van der Waals surface area contributed by atoms with E-state index in [1.165, 1.54) is 0 Å². The highest BCUT2D eigenvalue weighted by atomic mass is 16.2. The van der Waals surface area contributed by atoms with E-state index in [2.05, 4.69) is 5.32 Å². The molecule has 1 N–H and O–H groups in total. The topological polar surface area (TPSA) is 69.7 Å². The van der Waals surface area contributed by atoms with Gasteiger partial charge in [0.15, 0.2) is 0 Å². The summed E-state index contributed by atoms with van der Waals surface area (Å²) in [5.41, 5.74) is -0.757. The molecule has 0 aromatic heterocycles. The zero-order valence-corrected chi connectivity index (χ0v) is 14.8. The first-order valence-electron chi connectivity index (χ1n) is 9.40. The fourth-order valence-electron chi connectivity index (χ4n) is 4.62. The lowest BCUT2D eigenvalue weighted by molar-refractivity contribution is -0.143. The Morgan fingerprint density at radius 1 is 1.04 bits per heavy atom. The number of hydrogen-bond acceptors (Lipinski definition) is 3. The lowest BCUT2D eigenvalue weighted by Gasteiger charge is -2.39. The van der Waals surface area contributed by atoms with Crippen LogP contribution in [0, 0.1) is 0 Å². The molecular weight excluding hydrogens is 306 g/mol. The zero-order chi connectivity index (χ0) is 17.3. The molecule has 3 fully saturated rings. The average Bonchev–Trinajstić information content (AvgIpc) is 2.71. The molecule has 0 aromatic rings. The summed E-state index contributed by atoms with van der Waals surface area (Å²) in [6, 6.07) is -0.0460. The van der Waals surface area contributed by atoms with Crippen molar-refractivity contribution >= 4 is 17.8 Å². The second kappa shape index (κ2) is 6.73. The van der Waals surface area contributed by atoms with Crippen LogP contribution < -0.4 is 5.32 Å². The van der Waals surface area contributed by atoms with Crippen molar-refractivity contribution < 1.29 is 14.4 Å². The number of carbonyl (C=O) groups excluding carboxylic acids is 3. The molecule has 6 heteroatoms. The summed E-state index contributed by atoms with van der Waals surface area (Å²) in [6.45, 7) is 3.97. The maximum absolute atomic E-state index is 12.9. The van der Waals surface area contributed by atoms with Gasteiger partial charge in [-0.25, -0.2) is 4.79 Å². The number of rotatable bonds is 2. The fourth-order valence-corrected chi connectivity index (χ4v) is 4.62. The number of piperidine rings is 1. The van der Waals surface area contributed by atoms with Crippen LogP contribution in [-0.4, -0.2) is 51.8 Å². The van der Waals surface area contributed by atoms with Crippen LogP contribution in [0.5, 0.6) is 0 Å². The van der Waals surface area contributed by atoms with Crippen molar-refractivity contribution in [3.63, 3.8) is 0 Å². The fraction of sp³-hybridized carbons (Fsp3) is 0.833. The van der Waals surface area contributed by atoms with Crippen molar-refractivity contribution in [2.24, 2.45) is 0 Å². The Morgan fingerprint density at radius 3 is 2.21 bits per heavy atom. The number of imide groups is 1. The van der Waals surface area contributed by atoms with Crippen molar-refractivity contribution in [1.29, 1.82) is 0 Å². The van der Waals surface area contributed by atoms with Crippen LogP contribution in [0.4, 0.5) is 4.79 Å². The molecule has 1 saturated carbocycles. The molecule has 2 atom stereocenters. The minimum Gasteiger partial charge on any atom is -0.336 e. The van der Waals surface area contributed by atoms with Crippen LogP contribution in [-0.2, 0) is 9.59 Å². The predicted octanol–water partition coefficient (Wildman–Crippen LogP) is 2.42. The van der Waals surface area contributed by atoms with Crippen LogP contribution in [0.3, 0.4) is 0 Å². The minimum atomic E-state index is -0.757. The minimum absolute atomic E-state index is 0.108. The van der Waals surface area contributed by atoms with E-state index in [9.17, 15) is 14.4 Å². The van der Waals surface area contributed by atoms with Gasteiger partial charge in [0, 0.05) is 12.1 Å². The third-order valence-electron chi connectivity index (χ3n) is 5.98. The van der Waals surface area contributed by atoms with E-state index in [1.807, 2.05) is 18.7 Å². The number of nitrogens with zero attached hydrogens (tertiary/aromatic N) is 2. The number of hydrogen-bond donors (Lipinski definition) is 1. The molecule has 0 unspecified atom stereocenters. The molecule has 1 aliphatic carbocycles. The maximum atomic E-state index is 12.9. The predicted molar refractivity (Wildman–Crippen MR) is 90.3 cm³/mol. The third-order valence-corrected chi connectivity index (χ3v) is 5.98. The summed E-state index contributed by atoms with van der Waals surface area (Å²) in [5, 5.41) is 2.91. The molecule has 134 valence electrons. The molecule has 2 saturated heterocycles. The zero-order valence-electron chi connectivity index (χ0n) is 14.8. The molecule has 0 aromatic carbocycles. The first-order chi connectivity index (χ1) is 11.4. The molecule has 2 aliphatic heterocycles. The first-order valence-corrected chi connectivity index (χ1v) is 9.40. The van der Waals surface area contributed by atoms with E-state index in [-0.39, 0.29) is 30.4 Å². The summed E-state index contributed by atoms with van der Waals surface area (Å²) in [4.78, 5) is 41.0. The van der Waals surface area contributed by atoms with Gasteiger partial charge in [-0.3, -0.25) is 14.5 Å². The summed E-state index contributed by atoms with van der Waals surface area (Å²) < 4.78 is 0. The quantitative estimate of drug-likeness (QED) is 0.788. The van der Waals surface area contributed by atoms with Gasteiger partial charge in [0.25, 0.3) is 5.91 Å². The molecule has 24 heavy (non-hydrogen) atoms. The van der Waals surface area contributed by atoms with E-state index in [4.69, 9.17) is 0 Å². The second-order valence-electron chi connectivity index (χ2n) is 7.75. The summed E-state index contributed by atoms with van der Waals surface area (Å²) in [5.74, 6) is -0.302. The third kappa shape index (κ3) is 3.03. The molecule has 0 radical (unpaired) electrons. The van der Waals surface area contributed by atoms with Crippen molar-refractivity contribution in [2.45, 2.75) is 89.3 Å². The van der Waals surface area contributed by atoms with E-state index >= 15 is 0 Å². The Labute approximate surface area is 143 Å². The van der Waals surface area contributed by atoms with Crippen LogP contribution in [0.25, 0.3) is 0 Å². The van der Waals surface area contributed by atoms with E-state index < -0.39 is 11.6 Å². The molecule has 2 heterocycles. The van der Waals surface area contributed by atoms with Crippen molar-refractivity contribution in [3.05, 3.63) is 0 Å². The Bertz CT molecular complexity index is 516. The van der Waals surface area contributed by atoms with Crippen molar-refractivity contribution in [3.8, 4) is 0 Å². The maximum Gasteiger partial charge on any atom is 0.325 e. The van der Waals surface area contributed by atoms with Crippen LogP contribution in [0.2, 0.25) is 0 Å². The molecule has 3 rings (SSSR count). The molecular formula is C18H29N3O3. The highest BCUT2D eigenvalue weighted by Gasteiger charge is 2.51. The second-order valence-corrected chi connectivity index (χ2v) is 7.75. The van der Waals surface area contributed by atoms with Gasteiger partial charge in [-0.15, -0.1) is 0 Å². The van der Waals surface area contributed by atoms with Crippen molar-refractivity contribution in [1.82, 2.24) is 15.1 Å².